The number of rotatable bonds is 3. The molecular formula is C14H21F3N2S. The maximum atomic E-state index is 12.8. The van der Waals surface area contributed by atoms with Gasteiger partial charge in [-0.25, -0.2) is 4.98 Å². The lowest BCUT2D eigenvalue weighted by molar-refractivity contribution is -0.185. The lowest BCUT2D eigenvalue weighted by Gasteiger charge is -2.41. The van der Waals surface area contributed by atoms with Crippen LogP contribution in [0.2, 0.25) is 0 Å². The monoisotopic (exact) mass is 306 g/mol. The first-order chi connectivity index (χ1) is 9.23. The van der Waals surface area contributed by atoms with Crippen LogP contribution in [0.15, 0.2) is 5.38 Å². The summed E-state index contributed by atoms with van der Waals surface area (Å²) in [5, 5.41) is 6.38. The summed E-state index contributed by atoms with van der Waals surface area (Å²) in [7, 11) is 0. The quantitative estimate of drug-likeness (QED) is 0.895. The summed E-state index contributed by atoms with van der Waals surface area (Å²) >= 11 is 1.55. The highest BCUT2D eigenvalue weighted by molar-refractivity contribution is 7.09. The van der Waals surface area contributed by atoms with Crippen molar-refractivity contribution in [3.63, 3.8) is 0 Å². The van der Waals surface area contributed by atoms with Crippen LogP contribution in [0.4, 0.5) is 13.2 Å². The molecule has 0 aliphatic heterocycles. The van der Waals surface area contributed by atoms with Crippen LogP contribution in [0.3, 0.4) is 0 Å². The van der Waals surface area contributed by atoms with E-state index in [-0.39, 0.29) is 24.4 Å². The van der Waals surface area contributed by atoms with Gasteiger partial charge in [-0.2, -0.15) is 13.2 Å². The molecule has 0 unspecified atom stereocenters. The lowest BCUT2D eigenvalue weighted by atomic mass is 9.76. The second-order valence-corrected chi connectivity index (χ2v) is 6.85. The topological polar surface area (TPSA) is 24.9 Å². The van der Waals surface area contributed by atoms with Crippen molar-refractivity contribution in [1.29, 1.82) is 0 Å². The average molecular weight is 306 g/mol. The summed E-state index contributed by atoms with van der Waals surface area (Å²) in [6.07, 6.45) is -2.70. The van der Waals surface area contributed by atoms with E-state index in [1.807, 2.05) is 26.2 Å². The fraction of sp³-hybridized carbons (Fsp3) is 0.786. The molecule has 20 heavy (non-hydrogen) atoms. The largest absolute Gasteiger partial charge is 0.391 e. The molecule has 1 fully saturated rings. The molecule has 1 N–H and O–H groups in total. The van der Waals surface area contributed by atoms with Crippen LogP contribution in [0.1, 0.15) is 50.2 Å². The Morgan fingerprint density at radius 1 is 1.35 bits per heavy atom. The van der Waals surface area contributed by atoms with Gasteiger partial charge in [0.25, 0.3) is 0 Å². The highest BCUT2D eigenvalue weighted by Gasteiger charge is 2.47. The highest BCUT2D eigenvalue weighted by atomic mass is 32.1. The predicted molar refractivity (Wildman–Crippen MR) is 74.8 cm³/mol. The van der Waals surface area contributed by atoms with E-state index in [0.717, 1.165) is 10.7 Å². The first kappa shape index (κ1) is 15.8. The molecule has 2 rings (SSSR count). The number of nitrogens with one attached hydrogen (secondary N) is 1. The van der Waals surface area contributed by atoms with Crippen molar-refractivity contribution in [2.45, 2.75) is 64.2 Å². The van der Waals surface area contributed by atoms with Crippen LogP contribution >= 0.6 is 11.3 Å². The Bertz CT molecular complexity index is 446. The molecule has 1 aromatic rings. The fourth-order valence-electron chi connectivity index (χ4n) is 2.98. The molecule has 2 nitrogen and oxygen atoms in total. The third-order valence-electron chi connectivity index (χ3n) is 3.90. The van der Waals surface area contributed by atoms with E-state index in [9.17, 15) is 13.2 Å². The van der Waals surface area contributed by atoms with E-state index in [0.29, 0.717) is 12.8 Å². The van der Waals surface area contributed by atoms with Gasteiger partial charge in [0.2, 0.25) is 0 Å². The number of hydrogen-bond acceptors (Lipinski definition) is 3. The molecule has 1 saturated carbocycles. The number of aromatic nitrogens is 1. The summed E-state index contributed by atoms with van der Waals surface area (Å²) in [5.74, 6) is -1.16. The fourth-order valence-corrected chi connectivity index (χ4v) is 4.00. The Morgan fingerprint density at radius 3 is 2.35 bits per heavy atom. The molecule has 1 aliphatic carbocycles. The van der Waals surface area contributed by atoms with Gasteiger partial charge in [-0.05, 0) is 46.5 Å². The van der Waals surface area contributed by atoms with E-state index in [2.05, 4.69) is 10.3 Å². The Balaban J connectivity index is 2.19. The molecule has 0 saturated heterocycles. The van der Waals surface area contributed by atoms with E-state index >= 15 is 0 Å². The van der Waals surface area contributed by atoms with Gasteiger partial charge < -0.3 is 5.32 Å². The highest BCUT2D eigenvalue weighted by Crippen LogP contribution is 2.46. The molecule has 0 atom stereocenters. The van der Waals surface area contributed by atoms with E-state index < -0.39 is 12.1 Å². The van der Waals surface area contributed by atoms with E-state index in [4.69, 9.17) is 0 Å². The van der Waals surface area contributed by atoms with Gasteiger partial charge in [0.05, 0.1) is 11.5 Å². The van der Waals surface area contributed by atoms with Gasteiger partial charge in [-0.1, -0.05) is 0 Å². The second kappa shape index (κ2) is 5.64. The summed E-state index contributed by atoms with van der Waals surface area (Å²) in [4.78, 5) is 4.52. The molecule has 0 bridgehead atoms. The molecule has 0 aromatic carbocycles. The normalized spacial score (nSPS) is 28.1. The third-order valence-corrected chi connectivity index (χ3v) is 5.06. The maximum absolute atomic E-state index is 12.8. The van der Waals surface area contributed by atoms with Crippen LogP contribution < -0.4 is 5.32 Å². The zero-order valence-electron chi connectivity index (χ0n) is 12.0. The Hall–Kier alpha value is -0.620. The minimum absolute atomic E-state index is 0.182. The van der Waals surface area contributed by atoms with Crippen molar-refractivity contribution >= 4 is 11.3 Å². The second-order valence-electron chi connectivity index (χ2n) is 5.99. The van der Waals surface area contributed by atoms with Crippen LogP contribution in [0, 0.1) is 12.8 Å². The number of halogens is 3. The van der Waals surface area contributed by atoms with Crippen molar-refractivity contribution in [3.8, 4) is 0 Å². The Labute approximate surface area is 121 Å². The minimum Gasteiger partial charge on any atom is -0.303 e. The van der Waals surface area contributed by atoms with Gasteiger partial charge in [-0.15, -0.1) is 11.3 Å². The van der Waals surface area contributed by atoms with Crippen molar-refractivity contribution in [3.05, 3.63) is 16.1 Å². The standard InChI is InChI=1S/C14H21F3N2S/c1-9(2)19-13(12-18-10(3)8-20-12)6-4-11(5-7-13)14(15,16)17/h8-9,11,19H,4-7H2,1-3H3. The number of hydrogen-bond donors (Lipinski definition) is 1. The first-order valence-corrected chi connectivity index (χ1v) is 7.88. The van der Waals surface area contributed by atoms with Crippen LogP contribution in [-0.4, -0.2) is 17.2 Å². The molecule has 0 amide bonds. The summed E-state index contributed by atoms with van der Waals surface area (Å²) < 4.78 is 38.5. The van der Waals surface area contributed by atoms with Crippen molar-refractivity contribution in [2.24, 2.45) is 5.92 Å². The molecule has 0 radical (unpaired) electrons. The number of alkyl halides is 3. The molecule has 0 spiro atoms. The van der Waals surface area contributed by atoms with Gasteiger partial charge in [-0.3, -0.25) is 0 Å². The molecule has 1 heterocycles. The first-order valence-electron chi connectivity index (χ1n) is 7.00. The Kier molecular flexibility index (Phi) is 4.44. The number of aryl methyl sites for hydroxylation is 1. The molecule has 1 aliphatic rings. The maximum Gasteiger partial charge on any atom is 0.391 e. The van der Waals surface area contributed by atoms with Gasteiger partial charge in [0, 0.05) is 17.1 Å². The molecule has 6 heteroatoms. The summed E-state index contributed by atoms with van der Waals surface area (Å²) in [6, 6.07) is 0.224. The van der Waals surface area contributed by atoms with Gasteiger partial charge in [0.15, 0.2) is 0 Å². The lowest BCUT2D eigenvalue weighted by Crippen LogP contribution is -2.49. The SMILES string of the molecule is Cc1csc(C2(NC(C)C)CCC(C(F)(F)F)CC2)n1. The van der Waals surface area contributed by atoms with Crippen LogP contribution in [0.25, 0.3) is 0 Å². The van der Waals surface area contributed by atoms with Crippen LogP contribution in [0.5, 0.6) is 0 Å². The smallest absolute Gasteiger partial charge is 0.303 e. The minimum atomic E-state index is -4.07. The van der Waals surface area contributed by atoms with Gasteiger partial charge in [0.1, 0.15) is 5.01 Å². The predicted octanol–water partition coefficient (Wildman–Crippen LogP) is 4.40. The average Bonchev–Trinajstić information content (AvgIpc) is 2.75. The van der Waals surface area contributed by atoms with Crippen molar-refractivity contribution < 1.29 is 13.2 Å². The van der Waals surface area contributed by atoms with Crippen LogP contribution in [-0.2, 0) is 5.54 Å². The van der Waals surface area contributed by atoms with E-state index in [1.165, 1.54) is 0 Å². The van der Waals surface area contributed by atoms with Crippen molar-refractivity contribution in [1.82, 2.24) is 10.3 Å². The zero-order valence-corrected chi connectivity index (χ0v) is 12.9. The molecule has 1 aromatic heterocycles. The van der Waals surface area contributed by atoms with Crippen molar-refractivity contribution in [2.75, 3.05) is 0 Å². The summed E-state index contributed by atoms with van der Waals surface area (Å²) in [5.41, 5.74) is 0.558. The van der Waals surface area contributed by atoms with E-state index in [1.54, 1.807) is 11.3 Å². The number of nitrogens with zero attached hydrogens (tertiary/aromatic N) is 1. The number of thiazole rings is 1. The molecular weight excluding hydrogens is 285 g/mol. The summed E-state index contributed by atoms with van der Waals surface area (Å²) in [6.45, 7) is 5.97. The molecule has 114 valence electrons. The Morgan fingerprint density at radius 2 is 1.95 bits per heavy atom. The zero-order chi connectivity index (χ0) is 15.0. The van der Waals surface area contributed by atoms with Gasteiger partial charge >= 0.3 is 6.18 Å². The third kappa shape index (κ3) is 3.34.